The predicted molar refractivity (Wildman–Crippen MR) is 97.3 cm³/mol. The highest BCUT2D eigenvalue weighted by molar-refractivity contribution is 7.08. The zero-order chi connectivity index (χ0) is 17.0. The lowest BCUT2D eigenvalue weighted by Gasteiger charge is -2.28. The van der Waals surface area contributed by atoms with Crippen LogP contribution in [0.1, 0.15) is 36.8 Å². The second-order valence-electron chi connectivity index (χ2n) is 6.50. The van der Waals surface area contributed by atoms with Crippen molar-refractivity contribution in [1.82, 2.24) is 5.32 Å². The molecule has 1 aromatic carbocycles. The van der Waals surface area contributed by atoms with Gasteiger partial charge in [-0.1, -0.05) is 30.5 Å². The summed E-state index contributed by atoms with van der Waals surface area (Å²) in [5.74, 6) is -1.19. The summed E-state index contributed by atoms with van der Waals surface area (Å²) in [4.78, 5) is 24.2. The van der Waals surface area contributed by atoms with Gasteiger partial charge in [0.15, 0.2) is 0 Å². The molecule has 1 aliphatic rings. The number of thiophene rings is 1. The molecule has 0 aliphatic heterocycles. The van der Waals surface area contributed by atoms with E-state index in [0.29, 0.717) is 12.2 Å². The number of hydrogen-bond acceptors (Lipinski definition) is 3. The first-order valence-corrected chi connectivity index (χ1v) is 9.22. The van der Waals surface area contributed by atoms with Gasteiger partial charge in [-0.25, -0.2) is 0 Å². The van der Waals surface area contributed by atoms with Crippen LogP contribution in [0, 0.1) is 6.92 Å². The fourth-order valence-electron chi connectivity index (χ4n) is 3.34. The smallest absolute Gasteiger partial charge is 0.313 e. The first-order valence-electron chi connectivity index (χ1n) is 8.28. The summed E-state index contributed by atoms with van der Waals surface area (Å²) in [6, 6.07) is 9.53. The van der Waals surface area contributed by atoms with Crippen LogP contribution in [0.2, 0.25) is 0 Å². The minimum absolute atomic E-state index is 0.0141. The van der Waals surface area contributed by atoms with Crippen LogP contribution in [0.25, 0.3) is 0 Å². The average Bonchev–Trinajstić information content (AvgIpc) is 3.26. The number of hydrogen-bond donors (Lipinski definition) is 2. The third-order valence-electron chi connectivity index (χ3n) is 4.80. The summed E-state index contributed by atoms with van der Waals surface area (Å²) in [6.07, 6.45) is 4.45. The molecule has 0 spiro atoms. The fourth-order valence-corrected chi connectivity index (χ4v) is 4.12. The molecule has 0 atom stereocenters. The molecule has 2 N–H and O–H groups in total. The van der Waals surface area contributed by atoms with Crippen molar-refractivity contribution in [2.75, 3.05) is 11.9 Å². The van der Waals surface area contributed by atoms with Crippen LogP contribution in [0.4, 0.5) is 5.69 Å². The minimum Gasteiger partial charge on any atom is -0.347 e. The SMILES string of the molecule is Cc1ccc(NC(=O)C(=O)NCC2(c3ccsc3)CCCC2)cc1. The third kappa shape index (κ3) is 3.67. The summed E-state index contributed by atoms with van der Waals surface area (Å²) in [7, 11) is 0. The average molecular weight is 342 g/mol. The van der Waals surface area contributed by atoms with Crippen molar-refractivity contribution in [3.63, 3.8) is 0 Å². The number of benzene rings is 1. The Balaban J connectivity index is 1.59. The van der Waals surface area contributed by atoms with Gasteiger partial charge in [-0.2, -0.15) is 11.3 Å². The van der Waals surface area contributed by atoms with Gasteiger partial charge in [0.1, 0.15) is 0 Å². The van der Waals surface area contributed by atoms with Gasteiger partial charge in [0.25, 0.3) is 0 Å². The van der Waals surface area contributed by atoms with Crippen molar-refractivity contribution in [2.24, 2.45) is 0 Å². The van der Waals surface area contributed by atoms with E-state index in [9.17, 15) is 9.59 Å². The maximum Gasteiger partial charge on any atom is 0.313 e. The van der Waals surface area contributed by atoms with E-state index in [1.54, 1.807) is 23.5 Å². The quantitative estimate of drug-likeness (QED) is 0.834. The molecule has 0 unspecified atom stereocenters. The Morgan fingerprint density at radius 1 is 1.08 bits per heavy atom. The van der Waals surface area contributed by atoms with E-state index in [1.807, 2.05) is 19.1 Å². The molecule has 0 bridgehead atoms. The van der Waals surface area contributed by atoms with E-state index >= 15 is 0 Å². The van der Waals surface area contributed by atoms with Crippen molar-refractivity contribution in [3.8, 4) is 0 Å². The number of carbonyl (C=O) groups excluding carboxylic acids is 2. The number of rotatable bonds is 4. The molecule has 3 rings (SSSR count). The van der Waals surface area contributed by atoms with E-state index < -0.39 is 11.8 Å². The molecular weight excluding hydrogens is 320 g/mol. The summed E-state index contributed by atoms with van der Waals surface area (Å²) >= 11 is 1.68. The summed E-state index contributed by atoms with van der Waals surface area (Å²) in [6.45, 7) is 2.49. The zero-order valence-electron chi connectivity index (χ0n) is 13.8. The number of carbonyl (C=O) groups is 2. The second-order valence-corrected chi connectivity index (χ2v) is 7.28. The van der Waals surface area contributed by atoms with Crippen molar-refractivity contribution in [2.45, 2.75) is 38.0 Å². The first kappa shape index (κ1) is 16.7. The normalized spacial score (nSPS) is 15.9. The molecule has 4 nitrogen and oxygen atoms in total. The van der Waals surface area contributed by atoms with Crippen LogP contribution in [-0.4, -0.2) is 18.4 Å². The highest BCUT2D eigenvalue weighted by atomic mass is 32.1. The van der Waals surface area contributed by atoms with Gasteiger partial charge < -0.3 is 10.6 Å². The molecule has 0 radical (unpaired) electrons. The third-order valence-corrected chi connectivity index (χ3v) is 5.48. The molecule has 126 valence electrons. The number of aryl methyl sites for hydroxylation is 1. The largest absolute Gasteiger partial charge is 0.347 e. The van der Waals surface area contributed by atoms with Crippen LogP contribution in [0.3, 0.4) is 0 Å². The maximum atomic E-state index is 12.2. The highest BCUT2D eigenvalue weighted by Gasteiger charge is 2.36. The predicted octanol–water partition coefficient (Wildman–Crippen LogP) is 3.62. The molecular formula is C19H22N2O2S. The summed E-state index contributed by atoms with van der Waals surface area (Å²) in [5.41, 5.74) is 3.01. The molecule has 1 aliphatic carbocycles. The van der Waals surface area contributed by atoms with Gasteiger partial charge in [-0.05, 0) is 54.3 Å². The van der Waals surface area contributed by atoms with E-state index in [2.05, 4.69) is 27.5 Å². The highest BCUT2D eigenvalue weighted by Crippen LogP contribution is 2.41. The Hall–Kier alpha value is -2.14. The van der Waals surface area contributed by atoms with Gasteiger partial charge in [0.05, 0.1) is 0 Å². The molecule has 2 amide bonds. The number of amides is 2. The Morgan fingerprint density at radius 2 is 1.79 bits per heavy atom. The van der Waals surface area contributed by atoms with Crippen molar-refractivity contribution < 1.29 is 9.59 Å². The van der Waals surface area contributed by atoms with Gasteiger partial charge in [-0.3, -0.25) is 9.59 Å². The molecule has 1 heterocycles. The molecule has 1 saturated carbocycles. The van der Waals surface area contributed by atoms with Crippen LogP contribution >= 0.6 is 11.3 Å². The lowest BCUT2D eigenvalue weighted by molar-refractivity contribution is -0.136. The first-order chi connectivity index (χ1) is 11.6. The Morgan fingerprint density at radius 3 is 2.42 bits per heavy atom. The van der Waals surface area contributed by atoms with Gasteiger partial charge in [0.2, 0.25) is 0 Å². The van der Waals surface area contributed by atoms with Gasteiger partial charge in [-0.15, -0.1) is 0 Å². The van der Waals surface area contributed by atoms with Gasteiger partial charge >= 0.3 is 11.8 Å². The summed E-state index contributed by atoms with van der Waals surface area (Å²) < 4.78 is 0. The van der Waals surface area contributed by atoms with Crippen molar-refractivity contribution in [1.29, 1.82) is 0 Å². The topological polar surface area (TPSA) is 58.2 Å². The van der Waals surface area contributed by atoms with Crippen molar-refractivity contribution in [3.05, 3.63) is 52.2 Å². The summed E-state index contributed by atoms with van der Waals surface area (Å²) in [5, 5.41) is 9.71. The number of nitrogens with one attached hydrogen (secondary N) is 2. The molecule has 24 heavy (non-hydrogen) atoms. The van der Waals surface area contributed by atoms with Crippen molar-refractivity contribution >= 4 is 28.8 Å². The molecule has 5 heteroatoms. The van der Waals surface area contributed by atoms with Crippen LogP contribution < -0.4 is 10.6 Å². The second kappa shape index (κ2) is 7.18. The van der Waals surface area contributed by atoms with E-state index in [-0.39, 0.29) is 5.41 Å². The van der Waals surface area contributed by atoms with Crippen LogP contribution in [-0.2, 0) is 15.0 Å². The number of anilines is 1. The molecule has 2 aromatic rings. The molecule has 1 aromatic heterocycles. The van der Waals surface area contributed by atoms with E-state index in [4.69, 9.17) is 0 Å². The Labute approximate surface area is 146 Å². The minimum atomic E-state index is -0.614. The molecule has 0 saturated heterocycles. The van der Waals surface area contributed by atoms with E-state index in [0.717, 1.165) is 18.4 Å². The maximum absolute atomic E-state index is 12.2. The van der Waals surface area contributed by atoms with E-state index in [1.165, 1.54) is 18.4 Å². The Bertz CT molecular complexity index is 701. The lowest BCUT2D eigenvalue weighted by atomic mass is 9.80. The van der Waals surface area contributed by atoms with Gasteiger partial charge in [0, 0.05) is 17.6 Å². The zero-order valence-corrected chi connectivity index (χ0v) is 14.6. The lowest BCUT2D eigenvalue weighted by Crippen LogP contribution is -2.43. The fraction of sp³-hybridized carbons (Fsp3) is 0.368. The molecule has 1 fully saturated rings. The van der Waals surface area contributed by atoms with Crippen LogP contribution in [0.15, 0.2) is 41.1 Å². The monoisotopic (exact) mass is 342 g/mol. The van der Waals surface area contributed by atoms with Crippen LogP contribution in [0.5, 0.6) is 0 Å². The standard InChI is InChI=1S/C19H22N2O2S/c1-14-4-6-16(7-5-14)21-18(23)17(22)20-13-19(9-2-3-10-19)15-8-11-24-12-15/h4-8,11-12H,2-3,9-10,13H2,1H3,(H,20,22)(H,21,23). The Kier molecular flexibility index (Phi) is 5.00.